The van der Waals surface area contributed by atoms with Crippen LogP contribution in [0.3, 0.4) is 0 Å². The summed E-state index contributed by atoms with van der Waals surface area (Å²) in [5.74, 6) is -0.848. The SMILES string of the molecule is CNC(=O)c1c(=N)n(C)nc(CNC(=O)OC(C)(C)C)[n+]1[O-]. The molecule has 10 nitrogen and oxygen atoms in total. The fourth-order valence-electron chi connectivity index (χ4n) is 1.53. The van der Waals surface area contributed by atoms with E-state index in [2.05, 4.69) is 15.7 Å². The van der Waals surface area contributed by atoms with Gasteiger partial charge in [0.2, 0.25) is 11.2 Å². The number of nitrogens with zero attached hydrogens (tertiary/aromatic N) is 3. The zero-order valence-electron chi connectivity index (χ0n) is 13.2. The Bertz CT molecular complexity index is 646. The first kappa shape index (κ1) is 17.4. The van der Waals surface area contributed by atoms with E-state index >= 15 is 0 Å². The highest BCUT2D eigenvalue weighted by Crippen LogP contribution is 2.06. The van der Waals surface area contributed by atoms with E-state index in [-0.39, 0.29) is 22.6 Å². The number of amides is 2. The van der Waals surface area contributed by atoms with Gasteiger partial charge in [-0.2, -0.15) is 4.68 Å². The van der Waals surface area contributed by atoms with Gasteiger partial charge in [0.25, 0.3) is 5.91 Å². The van der Waals surface area contributed by atoms with Gasteiger partial charge in [-0.15, -0.1) is 0 Å². The number of carbonyl (C=O) groups excluding carboxylic acids is 2. The Morgan fingerprint density at radius 1 is 1.45 bits per heavy atom. The normalized spacial score (nSPS) is 11.0. The average molecular weight is 312 g/mol. The number of alkyl carbamates (subject to hydrolysis) is 1. The summed E-state index contributed by atoms with van der Waals surface area (Å²) in [5.41, 5.74) is -1.41. The van der Waals surface area contributed by atoms with E-state index in [0.717, 1.165) is 4.68 Å². The van der Waals surface area contributed by atoms with Gasteiger partial charge in [-0.05, 0) is 20.8 Å². The Morgan fingerprint density at radius 3 is 2.55 bits per heavy atom. The molecule has 0 radical (unpaired) electrons. The van der Waals surface area contributed by atoms with Crippen LogP contribution in [-0.2, 0) is 18.3 Å². The summed E-state index contributed by atoms with van der Waals surface area (Å²) in [6.45, 7) is 4.88. The van der Waals surface area contributed by atoms with Gasteiger partial charge in [-0.1, -0.05) is 0 Å². The second-order valence-electron chi connectivity index (χ2n) is 5.47. The number of hydrogen-bond donors (Lipinski definition) is 3. The fraction of sp³-hybridized carbons (Fsp3) is 0.583. The molecule has 3 N–H and O–H groups in total. The lowest BCUT2D eigenvalue weighted by Crippen LogP contribution is -2.52. The summed E-state index contributed by atoms with van der Waals surface area (Å²) >= 11 is 0. The van der Waals surface area contributed by atoms with Gasteiger partial charge in [-0.3, -0.25) is 10.2 Å². The molecule has 0 saturated heterocycles. The number of hydrogen-bond acceptors (Lipinski definition) is 6. The van der Waals surface area contributed by atoms with E-state index in [1.165, 1.54) is 14.1 Å². The Kier molecular flexibility index (Phi) is 5.07. The molecular weight excluding hydrogens is 292 g/mol. The predicted octanol–water partition coefficient (Wildman–Crippen LogP) is -1.08. The molecule has 0 bridgehead atoms. The zero-order chi connectivity index (χ0) is 17.1. The van der Waals surface area contributed by atoms with Crippen LogP contribution in [0.2, 0.25) is 0 Å². The van der Waals surface area contributed by atoms with Gasteiger partial charge in [0.1, 0.15) is 12.1 Å². The van der Waals surface area contributed by atoms with Gasteiger partial charge in [0, 0.05) is 7.05 Å². The van der Waals surface area contributed by atoms with Crippen LogP contribution in [0.1, 0.15) is 37.1 Å². The molecule has 1 heterocycles. The lowest BCUT2D eigenvalue weighted by Gasteiger charge is -2.19. The number of rotatable bonds is 3. The summed E-state index contributed by atoms with van der Waals surface area (Å²) in [6, 6.07) is 0. The number of ether oxygens (including phenoxy) is 1. The number of nitrogens with one attached hydrogen (secondary N) is 3. The second-order valence-corrected chi connectivity index (χ2v) is 5.47. The Morgan fingerprint density at radius 2 is 2.05 bits per heavy atom. The van der Waals surface area contributed by atoms with Crippen molar-refractivity contribution in [1.82, 2.24) is 20.4 Å². The second kappa shape index (κ2) is 6.41. The van der Waals surface area contributed by atoms with Gasteiger partial charge in [0.15, 0.2) is 0 Å². The third-order valence-corrected chi connectivity index (χ3v) is 2.48. The average Bonchev–Trinajstić information content (AvgIpc) is 2.39. The van der Waals surface area contributed by atoms with Crippen molar-refractivity contribution in [2.24, 2.45) is 7.05 Å². The topological polar surface area (TPSA) is 136 Å². The van der Waals surface area contributed by atoms with Crippen LogP contribution in [0.15, 0.2) is 0 Å². The van der Waals surface area contributed by atoms with E-state index in [0.29, 0.717) is 0 Å². The van der Waals surface area contributed by atoms with E-state index in [4.69, 9.17) is 10.1 Å². The standard InChI is InChI=1S/C12H20N6O4/c1-12(2,3)22-11(20)15-6-7-16-17(5)9(13)8(18(7)21)10(19)14-4/h13H,6H2,1-5H3,(H,14,19)(H,15,20). The highest BCUT2D eigenvalue weighted by atomic mass is 16.6. The smallest absolute Gasteiger partial charge is 0.408 e. The van der Waals surface area contributed by atoms with E-state index in [9.17, 15) is 14.8 Å². The van der Waals surface area contributed by atoms with Crippen molar-refractivity contribution in [3.05, 3.63) is 22.2 Å². The molecular formula is C12H20N6O4. The highest BCUT2D eigenvalue weighted by molar-refractivity contribution is 5.90. The highest BCUT2D eigenvalue weighted by Gasteiger charge is 2.23. The fourth-order valence-corrected chi connectivity index (χ4v) is 1.53. The summed E-state index contributed by atoms with van der Waals surface area (Å²) in [6.07, 6.45) is -0.714. The molecule has 1 aromatic heterocycles. The molecule has 1 aromatic rings. The van der Waals surface area contributed by atoms with Crippen LogP contribution in [0.25, 0.3) is 0 Å². The predicted molar refractivity (Wildman–Crippen MR) is 74.5 cm³/mol. The van der Waals surface area contributed by atoms with E-state index in [1.807, 2.05) is 0 Å². The Hall–Kier alpha value is -2.65. The molecule has 0 spiro atoms. The third kappa shape index (κ3) is 4.17. The lowest BCUT2D eigenvalue weighted by atomic mass is 10.2. The molecule has 0 unspecified atom stereocenters. The van der Waals surface area contributed by atoms with Crippen LogP contribution in [0, 0.1) is 10.6 Å². The first-order chi connectivity index (χ1) is 10.1. The van der Waals surface area contributed by atoms with Crippen LogP contribution in [0.5, 0.6) is 0 Å². The van der Waals surface area contributed by atoms with Gasteiger partial charge < -0.3 is 20.6 Å². The maximum atomic E-state index is 12.1. The van der Waals surface area contributed by atoms with E-state index < -0.39 is 23.3 Å². The molecule has 22 heavy (non-hydrogen) atoms. The first-order valence-corrected chi connectivity index (χ1v) is 6.50. The number of aryl methyl sites for hydroxylation is 1. The van der Waals surface area contributed by atoms with Crippen molar-refractivity contribution < 1.29 is 19.1 Å². The molecule has 0 aromatic carbocycles. The monoisotopic (exact) mass is 312 g/mol. The van der Waals surface area contributed by atoms with Crippen LogP contribution < -0.4 is 20.9 Å². The third-order valence-electron chi connectivity index (χ3n) is 2.48. The van der Waals surface area contributed by atoms with Crippen LogP contribution in [0.4, 0.5) is 4.79 Å². The van der Waals surface area contributed by atoms with Crippen molar-refractivity contribution in [3.8, 4) is 0 Å². The number of aromatic nitrogens is 3. The van der Waals surface area contributed by atoms with E-state index in [1.54, 1.807) is 20.8 Å². The van der Waals surface area contributed by atoms with Gasteiger partial charge in [-0.25, -0.2) is 9.52 Å². The molecule has 0 fully saturated rings. The Labute approximate surface area is 127 Å². The summed E-state index contributed by atoms with van der Waals surface area (Å²) < 4.78 is 6.34. The van der Waals surface area contributed by atoms with Crippen molar-refractivity contribution in [1.29, 1.82) is 5.41 Å². The van der Waals surface area contributed by atoms with Crippen molar-refractivity contribution in [2.45, 2.75) is 32.9 Å². The summed E-state index contributed by atoms with van der Waals surface area (Å²) in [5, 5.41) is 28.3. The van der Waals surface area contributed by atoms with Crippen LogP contribution >= 0.6 is 0 Å². The minimum absolute atomic E-state index is 0.136. The maximum Gasteiger partial charge on any atom is 0.408 e. The molecule has 10 heteroatoms. The van der Waals surface area contributed by atoms with Crippen LogP contribution in [-0.4, -0.2) is 34.4 Å². The summed E-state index contributed by atoms with van der Waals surface area (Å²) in [4.78, 5) is 23.3. The lowest BCUT2D eigenvalue weighted by molar-refractivity contribution is -0.622. The molecule has 122 valence electrons. The molecule has 2 amide bonds. The molecule has 0 aliphatic rings. The van der Waals surface area contributed by atoms with Gasteiger partial charge >= 0.3 is 11.9 Å². The van der Waals surface area contributed by atoms with Crippen molar-refractivity contribution in [3.63, 3.8) is 0 Å². The molecule has 1 rings (SSSR count). The molecule has 0 saturated carbocycles. The van der Waals surface area contributed by atoms with Crippen molar-refractivity contribution >= 4 is 12.0 Å². The zero-order valence-corrected chi connectivity index (χ0v) is 13.2. The van der Waals surface area contributed by atoms with Crippen molar-refractivity contribution in [2.75, 3.05) is 7.05 Å². The first-order valence-electron chi connectivity index (χ1n) is 6.50. The largest absolute Gasteiger partial charge is 0.710 e. The van der Waals surface area contributed by atoms with Gasteiger partial charge in [0.05, 0.1) is 12.1 Å². The quantitative estimate of drug-likeness (QED) is 0.481. The number of carbonyl (C=O) groups is 2. The summed E-state index contributed by atoms with van der Waals surface area (Å²) in [7, 11) is 2.77. The minimum Gasteiger partial charge on any atom is -0.710 e. The Balaban J connectivity index is 3.02. The molecule has 0 atom stereocenters. The molecule has 0 aliphatic carbocycles. The molecule has 0 aliphatic heterocycles. The maximum absolute atomic E-state index is 12.1. The minimum atomic E-state index is -0.714.